The lowest BCUT2D eigenvalue weighted by atomic mass is 9.99. The Morgan fingerprint density at radius 3 is 2.87 bits per heavy atom. The van der Waals surface area contributed by atoms with Crippen LogP contribution in [0.1, 0.15) is 36.6 Å². The number of amides is 2. The molecule has 23 heavy (non-hydrogen) atoms. The number of hydrogen-bond donors (Lipinski definition) is 2. The summed E-state index contributed by atoms with van der Waals surface area (Å²) >= 11 is 1.77. The molecular formula is C17H27N3O2S. The SMILES string of the molecule is O=C(NCC(c1cccs1)N1CCCC1)N1CCCC(CO)C1. The van der Waals surface area contributed by atoms with Crippen molar-refractivity contribution in [1.29, 1.82) is 0 Å². The number of urea groups is 1. The number of carbonyl (C=O) groups is 1. The molecule has 2 aliphatic heterocycles. The average molecular weight is 337 g/mol. The predicted octanol–water partition coefficient (Wildman–Crippen LogP) is 2.30. The van der Waals surface area contributed by atoms with Gasteiger partial charge in [-0.1, -0.05) is 6.07 Å². The highest BCUT2D eigenvalue weighted by Gasteiger charge is 2.27. The van der Waals surface area contributed by atoms with Crippen LogP contribution in [0.3, 0.4) is 0 Å². The van der Waals surface area contributed by atoms with Gasteiger partial charge < -0.3 is 15.3 Å². The van der Waals surface area contributed by atoms with E-state index in [4.69, 9.17) is 0 Å². The molecule has 0 radical (unpaired) electrons. The molecule has 0 saturated carbocycles. The molecular weight excluding hydrogens is 310 g/mol. The van der Waals surface area contributed by atoms with E-state index < -0.39 is 0 Å². The number of aliphatic hydroxyl groups is 1. The Kier molecular flexibility index (Phi) is 5.91. The minimum absolute atomic E-state index is 0.0175. The number of carbonyl (C=O) groups excluding carboxylic acids is 1. The van der Waals surface area contributed by atoms with Gasteiger partial charge in [-0.15, -0.1) is 11.3 Å². The van der Waals surface area contributed by atoms with Gasteiger partial charge in [0, 0.05) is 31.1 Å². The van der Waals surface area contributed by atoms with Crippen LogP contribution in [-0.2, 0) is 0 Å². The second-order valence-electron chi connectivity index (χ2n) is 6.60. The third-order valence-corrected chi connectivity index (χ3v) is 5.94. The lowest BCUT2D eigenvalue weighted by Gasteiger charge is -2.33. The van der Waals surface area contributed by atoms with Crippen molar-refractivity contribution in [2.45, 2.75) is 31.7 Å². The Bertz CT molecular complexity index is 488. The van der Waals surface area contributed by atoms with Gasteiger partial charge in [0.05, 0.1) is 6.04 Å². The summed E-state index contributed by atoms with van der Waals surface area (Å²) in [5, 5.41) is 14.6. The summed E-state index contributed by atoms with van der Waals surface area (Å²) < 4.78 is 0. The van der Waals surface area contributed by atoms with Crippen molar-refractivity contribution in [1.82, 2.24) is 15.1 Å². The first-order chi connectivity index (χ1) is 11.3. The fraction of sp³-hybridized carbons (Fsp3) is 0.706. The molecule has 0 bridgehead atoms. The van der Waals surface area contributed by atoms with Crippen molar-refractivity contribution in [3.8, 4) is 0 Å². The van der Waals surface area contributed by atoms with E-state index >= 15 is 0 Å². The third-order valence-electron chi connectivity index (χ3n) is 4.96. The molecule has 3 heterocycles. The van der Waals surface area contributed by atoms with E-state index in [1.165, 1.54) is 17.7 Å². The highest BCUT2D eigenvalue weighted by Crippen LogP contribution is 2.28. The maximum atomic E-state index is 12.5. The molecule has 2 atom stereocenters. The molecule has 2 saturated heterocycles. The van der Waals surface area contributed by atoms with Crippen molar-refractivity contribution < 1.29 is 9.90 Å². The molecule has 2 amide bonds. The van der Waals surface area contributed by atoms with E-state index in [1.54, 1.807) is 11.3 Å². The number of nitrogens with one attached hydrogen (secondary N) is 1. The van der Waals surface area contributed by atoms with Gasteiger partial charge in [0.25, 0.3) is 0 Å². The molecule has 0 aliphatic carbocycles. The molecule has 0 aromatic carbocycles. The Hall–Kier alpha value is -1.11. The molecule has 2 unspecified atom stereocenters. The number of likely N-dealkylation sites (tertiary alicyclic amines) is 2. The van der Waals surface area contributed by atoms with E-state index in [1.807, 2.05) is 4.90 Å². The molecule has 2 fully saturated rings. The van der Waals surface area contributed by atoms with Crippen LogP contribution in [0.4, 0.5) is 4.79 Å². The molecule has 1 aromatic rings. The lowest BCUT2D eigenvalue weighted by molar-refractivity contribution is 0.127. The largest absolute Gasteiger partial charge is 0.396 e. The fourth-order valence-corrected chi connectivity index (χ4v) is 4.50. The number of piperidine rings is 1. The second kappa shape index (κ2) is 8.13. The fourth-order valence-electron chi connectivity index (χ4n) is 3.64. The van der Waals surface area contributed by atoms with E-state index in [2.05, 4.69) is 27.7 Å². The summed E-state index contributed by atoms with van der Waals surface area (Å²) in [5.74, 6) is 0.237. The lowest BCUT2D eigenvalue weighted by Crippen LogP contribution is -2.48. The van der Waals surface area contributed by atoms with Crippen molar-refractivity contribution in [3.05, 3.63) is 22.4 Å². The van der Waals surface area contributed by atoms with Gasteiger partial charge in [0.1, 0.15) is 0 Å². The van der Waals surface area contributed by atoms with E-state index in [0.717, 1.165) is 32.5 Å². The van der Waals surface area contributed by atoms with Crippen LogP contribution in [0.25, 0.3) is 0 Å². The summed E-state index contributed by atoms with van der Waals surface area (Å²) in [4.78, 5) is 18.1. The standard InChI is InChI=1S/C17H27N3O2S/c21-13-14-5-3-9-20(12-14)17(22)18-11-15(16-6-4-10-23-16)19-7-1-2-8-19/h4,6,10,14-15,21H,1-3,5,7-9,11-13H2,(H,18,22). The molecule has 5 nitrogen and oxygen atoms in total. The summed E-state index contributed by atoms with van der Waals surface area (Å²) in [6, 6.07) is 4.56. The quantitative estimate of drug-likeness (QED) is 0.867. The van der Waals surface area contributed by atoms with Gasteiger partial charge in [-0.3, -0.25) is 4.90 Å². The van der Waals surface area contributed by atoms with Gasteiger partial charge >= 0.3 is 6.03 Å². The third kappa shape index (κ3) is 4.25. The summed E-state index contributed by atoms with van der Waals surface area (Å²) in [6.45, 7) is 4.56. The van der Waals surface area contributed by atoms with Crippen LogP contribution in [0.15, 0.2) is 17.5 Å². The molecule has 3 rings (SSSR count). The van der Waals surface area contributed by atoms with Gasteiger partial charge in [-0.2, -0.15) is 0 Å². The number of thiophene rings is 1. The first kappa shape index (κ1) is 16.7. The zero-order valence-electron chi connectivity index (χ0n) is 13.6. The van der Waals surface area contributed by atoms with Crippen LogP contribution < -0.4 is 5.32 Å². The van der Waals surface area contributed by atoms with Crippen LogP contribution in [-0.4, -0.2) is 60.3 Å². The second-order valence-corrected chi connectivity index (χ2v) is 7.58. The average Bonchev–Trinajstić information content (AvgIpc) is 3.29. The first-order valence-corrected chi connectivity index (χ1v) is 9.57. The first-order valence-electron chi connectivity index (χ1n) is 8.69. The van der Waals surface area contributed by atoms with Crippen LogP contribution >= 0.6 is 11.3 Å². The smallest absolute Gasteiger partial charge is 0.317 e. The molecule has 2 N–H and O–H groups in total. The molecule has 1 aromatic heterocycles. The number of nitrogens with zero attached hydrogens (tertiary/aromatic N) is 2. The topological polar surface area (TPSA) is 55.8 Å². The van der Waals surface area contributed by atoms with Gasteiger partial charge in [-0.05, 0) is 56.1 Å². The van der Waals surface area contributed by atoms with Crippen molar-refractivity contribution in [2.24, 2.45) is 5.92 Å². The minimum Gasteiger partial charge on any atom is -0.396 e. The Morgan fingerprint density at radius 2 is 2.17 bits per heavy atom. The van der Waals surface area contributed by atoms with Crippen molar-refractivity contribution in [3.63, 3.8) is 0 Å². The van der Waals surface area contributed by atoms with E-state index in [9.17, 15) is 9.90 Å². The Labute approximate surface area is 142 Å². The number of rotatable bonds is 5. The van der Waals surface area contributed by atoms with E-state index in [0.29, 0.717) is 19.1 Å². The highest BCUT2D eigenvalue weighted by molar-refractivity contribution is 7.10. The molecule has 0 spiro atoms. The predicted molar refractivity (Wildman–Crippen MR) is 92.6 cm³/mol. The maximum Gasteiger partial charge on any atom is 0.317 e. The normalized spacial score (nSPS) is 23.9. The maximum absolute atomic E-state index is 12.5. The van der Waals surface area contributed by atoms with Gasteiger partial charge in [0.2, 0.25) is 0 Å². The monoisotopic (exact) mass is 337 g/mol. The summed E-state index contributed by atoms with van der Waals surface area (Å²) in [5.41, 5.74) is 0. The van der Waals surface area contributed by atoms with Crippen LogP contribution in [0.5, 0.6) is 0 Å². The van der Waals surface area contributed by atoms with E-state index in [-0.39, 0.29) is 18.6 Å². The van der Waals surface area contributed by atoms with Gasteiger partial charge in [-0.25, -0.2) is 4.79 Å². The van der Waals surface area contributed by atoms with Crippen LogP contribution in [0, 0.1) is 5.92 Å². The number of hydrogen-bond acceptors (Lipinski definition) is 4. The van der Waals surface area contributed by atoms with Crippen molar-refractivity contribution in [2.75, 3.05) is 39.3 Å². The molecule has 6 heteroatoms. The summed E-state index contributed by atoms with van der Waals surface area (Å²) in [6.07, 6.45) is 4.51. The molecule has 128 valence electrons. The minimum atomic E-state index is 0.0175. The zero-order valence-corrected chi connectivity index (χ0v) is 14.4. The van der Waals surface area contributed by atoms with Gasteiger partial charge in [0.15, 0.2) is 0 Å². The molecule has 2 aliphatic rings. The number of aliphatic hydroxyl groups excluding tert-OH is 1. The Balaban J connectivity index is 1.56. The zero-order chi connectivity index (χ0) is 16.1. The summed E-state index contributed by atoms with van der Waals surface area (Å²) in [7, 11) is 0. The Morgan fingerprint density at radius 1 is 1.35 bits per heavy atom. The highest BCUT2D eigenvalue weighted by atomic mass is 32.1. The van der Waals surface area contributed by atoms with Crippen LogP contribution in [0.2, 0.25) is 0 Å². The van der Waals surface area contributed by atoms with Crippen molar-refractivity contribution >= 4 is 17.4 Å².